The lowest BCUT2D eigenvalue weighted by Crippen LogP contribution is -2.38. The lowest BCUT2D eigenvalue weighted by molar-refractivity contribution is -0.142. The number of ether oxygens (including phenoxy) is 4. The summed E-state index contributed by atoms with van der Waals surface area (Å²) in [4.78, 5) is 10.5. The van der Waals surface area contributed by atoms with Crippen LogP contribution >= 0.6 is 0 Å². The van der Waals surface area contributed by atoms with E-state index in [1.807, 2.05) is 0 Å². The molecule has 6 nitrogen and oxygen atoms in total. The van der Waals surface area contributed by atoms with Gasteiger partial charge in [0.2, 0.25) is 0 Å². The van der Waals surface area contributed by atoms with Crippen LogP contribution in [0.3, 0.4) is 0 Å². The molecule has 0 saturated heterocycles. The molecule has 0 radical (unpaired) electrons. The van der Waals surface area contributed by atoms with E-state index in [0.29, 0.717) is 46.2 Å². The molecule has 0 aromatic rings. The Balaban J connectivity index is 3.05. The van der Waals surface area contributed by atoms with Crippen LogP contribution in [0.2, 0.25) is 0 Å². The van der Waals surface area contributed by atoms with Gasteiger partial charge in [-0.25, -0.2) is 0 Å². The lowest BCUT2D eigenvalue weighted by atomic mass is 10.1. The minimum absolute atomic E-state index is 0.128. The van der Waals surface area contributed by atoms with Gasteiger partial charge in [-0.2, -0.15) is 0 Å². The van der Waals surface area contributed by atoms with Crippen molar-refractivity contribution < 1.29 is 23.7 Å². The standard InChI is InChI=1S/C14H29NO5/c1-13(16)20-12-11-19-10-9-18-8-7-17-6-5-15-14(2,3)4/h15H,5-12H2,1-4H3. The largest absolute Gasteiger partial charge is 0.463 e. The highest BCUT2D eigenvalue weighted by Crippen LogP contribution is 1.96. The second-order valence-electron chi connectivity index (χ2n) is 5.35. The average molecular weight is 291 g/mol. The van der Waals surface area contributed by atoms with Crippen LogP contribution in [0.25, 0.3) is 0 Å². The Bertz CT molecular complexity index is 240. The van der Waals surface area contributed by atoms with E-state index >= 15 is 0 Å². The van der Waals surface area contributed by atoms with Crippen LogP contribution in [-0.2, 0) is 23.7 Å². The summed E-state index contributed by atoms with van der Waals surface area (Å²) < 4.78 is 20.7. The highest BCUT2D eigenvalue weighted by Gasteiger charge is 2.06. The molecule has 0 amide bonds. The molecule has 0 aromatic carbocycles. The van der Waals surface area contributed by atoms with Gasteiger partial charge in [-0.15, -0.1) is 0 Å². The Morgan fingerprint density at radius 1 is 0.850 bits per heavy atom. The third-order valence-corrected chi connectivity index (χ3v) is 2.18. The normalized spacial score (nSPS) is 11.6. The number of hydrogen-bond acceptors (Lipinski definition) is 6. The van der Waals surface area contributed by atoms with Crippen molar-refractivity contribution in [2.45, 2.75) is 33.2 Å². The third-order valence-electron chi connectivity index (χ3n) is 2.18. The first kappa shape index (κ1) is 19.3. The maximum absolute atomic E-state index is 10.5. The summed E-state index contributed by atoms with van der Waals surface area (Å²) in [5, 5.41) is 3.34. The van der Waals surface area contributed by atoms with Crippen molar-refractivity contribution in [2.24, 2.45) is 0 Å². The third kappa shape index (κ3) is 17.3. The van der Waals surface area contributed by atoms with E-state index < -0.39 is 0 Å². The smallest absolute Gasteiger partial charge is 0.302 e. The number of esters is 1. The molecule has 0 bridgehead atoms. The minimum Gasteiger partial charge on any atom is -0.463 e. The Hall–Kier alpha value is -0.690. The van der Waals surface area contributed by atoms with Crippen molar-refractivity contribution in [3.8, 4) is 0 Å². The zero-order valence-corrected chi connectivity index (χ0v) is 13.2. The van der Waals surface area contributed by atoms with Gasteiger partial charge in [0.25, 0.3) is 0 Å². The molecule has 1 N–H and O–H groups in total. The molecule has 0 heterocycles. The molecule has 0 atom stereocenters. The molecule has 0 fully saturated rings. The summed E-state index contributed by atoms with van der Waals surface area (Å²) in [6.07, 6.45) is 0. The molecule has 0 spiro atoms. The second-order valence-corrected chi connectivity index (χ2v) is 5.35. The van der Waals surface area contributed by atoms with Gasteiger partial charge >= 0.3 is 5.97 Å². The molecule has 0 aliphatic carbocycles. The van der Waals surface area contributed by atoms with Gasteiger partial charge in [0.1, 0.15) is 6.61 Å². The Morgan fingerprint density at radius 2 is 1.30 bits per heavy atom. The molecular weight excluding hydrogens is 262 g/mol. The monoisotopic (exact) mass is 291 g/mol. The summed E-state index contributed by atoms with van der Waals surface area (Å²) in [7, 11) is 0. The van der Waals surface area contributed by atoms with E-state index in [0.717, 1.165) is 6.54 Å². The Labute approximate surface area is 122 Å². The van der Waals surface area contributed by atoms with Crippen LogP contribution in [0.15, 0.2) is 0 Å². The van der Waals surface area contributed by atoms with Crippen LogP contribution in [-0.4, -0.2) is 64.3 Å². The molecular formula is C14H29NO5. The number of hydrogen-bond donors (Lipinski definition) is 1. The van der Waals surface area contributed by atoms with Crippen LogP contribution in [0, 0.1) is 0 Å². The van der Waals surface area contributed by atoms with Crippen LogP contribution in [0.5, 0.6) is 0 Å². The zero-order chi connectivity index (χ0) is 15.3. The quantitative estimate of drug-likeness (QED) is 0.427. The molecule has 0 saturated carbocycles. The SMILES string of the molecule is CC(=O)OCCOCCOCCOCCNC(C)(C)C. The van der Waals surface area contributed by atoms with E-state index in [2.05, 4.69) is 26.1 Å². The van der Waals surface area contributed by atoms with Crippen molar-refractivity contribution in [1.82, 2.24) is 5.32 Å². The number of carbonyl (C=O) groups is 1. The fourth-order valence-corrected chi connectivity index (χ4v) is 1.28. The molecule has 0 aliphatic rings. The van der Waals surface area contributed by atoms with E-state index in [1.54, 1.807) is 0 Å². The van der Waals surface area contributed by atoms with Gasteiger partial charge in [-0.1, -0.05) is 0 Å². The van der Waals surface area contributed by atoms with Crippen LogP contribution < -0.4 is 5.32 Å². The van der Waals surface area contributed by atoms with E-state index in [1.165, 1.54) is 6.92 Å². The highest BCUT2D eigenvalue weighted by molar-refractivity contribution is 5.65. The van der Waals surface area contributed by atoms with Crippen LogP contribution in [0.1, 0.15) is 27.7 Å². The van der Waals surface area contributed by atoms with Gasteiger partial charge in [0.15, 0.2) is 0 Å². The minimum atomic E-state index is -0.289. The maximum atomic E-state index is 10.5. The molecule has 0 aromatic heterocycles. The van der Waals surface area contributed by atoms with E-state index in [4.69, 9.17) is 18.9 Å². The second kappa shape index (κ2) is 12.1. The van der Waals surface area contributed by atoms with Crippen molar-refractivity contribution in [3.05, 3.63) is 0 Å². The fourth-order valence-electron chi connectivity index (χ4n) is 1.28. The first-order chi connectivity index (χ1) is 9.42. The Morgan fingerprint density at radius 3 is 1.75 bits per heavy atom. The number of nitrogens with one attached hydrogen (secondary N) is 1. The first-order valence-electron chi connectivity index (χ1n) is 7.03. The molecule has 120 valence electrons. The van der Waals surface area contributed by atoms with Crippen LogP contribution in [0.4, 0.5) is 0 Å². The number of rotatable bonds is 12. The van der Waals surface area contributed by atoms with Gasteiger partial charge in [0.05, 0.1) is 39.6 Å². The lowest BCUT2D eigenvalue weighted by Gasteiger charge is -2.20. The van der Waals surface area contributed by atoms with E-state index in [-0.39, 0.29) is 11.5 Å². The van der Waals surface area contributed by atoms with Crippen molar-refractivity contribution in [1.29, 1.82) is 0 Å². The van der Waals surface area contributed by atoms with Crippen molar-refractivity contribution >= 4 is 5.97 Å². The summed E-state index contributed by atoms with van der Waals surface area (Å²) in [5.41, 5.74) is 0.128. The Kier molecular flexibility index (Phi) is 11.7. The molecule has 0 rings (SSSR count). The predicted octanol–water partition coefficient (Wildman–Crippen LogP) is 0.987. The molecule has 0 aliphatic heterocycles. The number of carbonyl (C=O) groups excluding carboxylic acids is 1. The summed E-state index contributed by atoms with van der Waals surface area (Å²) in [5.74, 6) is -0.289. The van der Waals surface area contributed by atoms with E-state index in [9.17, 15) is 4.79 Å². The molecule has 0 unspecified atom stereocenters. The summed E-state index contributed by atoms with van der Waals surface area (Å²) in [6.45, 7) is 12.1. The first-order valence-corrected chi connectivity index (χ1v) is 7.03. The van der Waals surface area contributed by atoms with Gasteiger partial charge in [-0.3, -0.25) is 4.79 Å². The van der Waals surface area contributed by atoms with Crippen molar-refractivity contribution in [3.63, 3.8) is 0 Å². The zero-order valence-electron chi connectivity index (χ0n) is 13.2. The maximum Gasteiger partial charge on any atom is 0.302 e. The predicted molar refractivity (Wildman–Crippen MR) is 76.8 cm³/mol. The highest BCUT2D eigenvalue weighted by atomic mass is 16.6. The van der Waals surface area contributed by atoms with Gasteiger partial charge < -0.3 is 24.3 Å². The average Bonchev–Trinajstić information content (AvgIpc) is 2.33. The summed E-state index contributed by atoms with van der Waals surface area (Å²) >= 11 is 0. The van der Waals surface area contributed by atoms with Gasteiger partial charge in [-0.05, 0) is 20.8 Å². The van der Waals surface area contributed by atoms with Gasteiger partial charge in [0, 0.05) is 19.0 Å². The van der Waals surface area contributed by atoms with Crippen molar-refractivity contribution in [2.75, 3.05) is 52.8 Å². The summed E-state index contributed by atoms with van der Waals surface area (Å²) in [6, 6.07) is 0. The fraction of sp³-hybridized carbons (Fsp3) is 0.929. The topological polar surface area (TPSA) is 66.0 Å². The molecule has 20 heavy (non-hydrogen) atoms. The molecule has 6 heteroatoms.